The molecular weight excluding hydrogens is 180 g/mol. The van der Waals surface area contributed by atoms with E-state index in [0.717, 1.165) is 13.0 Å². The summed E-state index contributed by atoms with van der Waals surface area (Å²) in [5.41, 5.74) is 0. The van der Waals surface area contributed by atoms with E-state index in [2.05, 4.69) is 13.8 Å². The molecule has 0 unspecified atom stereocenters. The van der Waals surface area contributed by atoms with Gasteiger partial charge in [0.05, 0.1) is 19.0 Å². The molecule has 0 aromatic heterocycles. The minimum Gasteiger partial charge on any atom is -0.481 e. The van der Waals surface area contributed by atoms with Crippen LogP contribution in [0, 0.1) is 17.2 Å². The van der Waals surface area contributed by atoms with Gasteiger partial charge in [0.1, 0.15) is 0 Å². The van der Waals surface area contributed by atoms with Crippen LogP contribution in [-0.4, -0.2) is 35.6 Å². The third-order valence-electron chi connectivity index (χ3n) is 1.96. The van der Waals surface area contributed by atoms with Crippen LogP contribution in [-0.2, 0) is 4.79 Å². The Morgan fingerprint density at radius 2 is 2.14 bits per heavy atom. The number of aliphatic carboxylic acids is 1. The number of carboxylic acids is 1. The van der Waals surface area contributed by atoms with Gasteiger partial charge < -0.3 is 5.11 Å². The third-order valence-corrected chi connectivity index (χ3v) is 1.96. The van der Waals surface area contributed by atoms with Crippen LogP contribution in [0.3, 0.4) is 0 Å². The highest BCUT2D eigenvalue weighted by Gasteiger charge is 2.07. The van der Waals surface area contributed by atoms with Gasteiger partial charge in [0.2, 0.25) is 0 Å². The first-order valence-electron chi connectivity index (χ1n) is 4.87. The fourth-order valence-electron chi connectivity index (χ4n) is 1.06. The van der Waals surface area contributed by atoms with Crippen molar-refractivity contribution >= 4 is 5.97 Å². The Hall–Kier alpha value is -1.08. The quantitative estimate of drug-likeness (QED) is 0.627. The second-order valence-electron chi connectivity index (χ2n) is 3.76. The number of carbonyl (C=O) groups is 1. The number of nitriles is 1. The number of nitrogens with zero attached hydrogens (tertiary/aromatic N) is 2. The van der Waals surface area contributed by atoms with Crippen LogP contribution in [0.25, 0.3) is 0 Å². The lowest BCUT2D eigenvalue weighted by atomic mass is 10.1. The molecule has 1 N–H and O–H groups in total. The first-order chi connectivity index (χ1) is 6.56. The van der Waals surface area contributed by atoms with Crippen molar-refractivity contribution in [1.29, 1.82) is 5.26 Å². The molecule has 0 saturated heterocycles. The van der Waals surface area contributed by atoms with E-state index >= 15 is 0 Å². The van der Waals surface area contributed by atoms with Gasteiger partial charge in [-0.1, -0.05) is 13.8 Å². The largest absolute Gasteiger partial charge is 0.481 e. The average molecular weight is 198 g/mol. The van der Waals surface area contributed by atoms with E-state index < -0.39 is 5.97 Å². The van der Waals surface area contributed by atoms with Gasteiger partial charge in [-0.25, -0.2) is 0 Å². The van der Waals surface area contributed by atoms with E-state index in [-0.39, 0.29) is 6.42 Å². The summed E-state index contributed by atoms with van der Waals surface area (Å²) in [7, 11) is 0. The SMILES string of the molecule is CC(C)CCN(CC#N)CCC(=O)O. The molecule has 0 heterocycles. The van der Waals surface area contributed by atoms with Crippen molar-refractivity contribution in [3.63, 3.8) is 0 Å². The molecule has 0 bridgehead atoms. The molecule has 0 aliphatic carbocycles. The van der Waals surface area contributed by atoms with Gasteiger partial charge in [0.15, 0.2) is 0 Å². The van der Waals surface area contributed by atoms with Gasteiger partial charge >= 0.3 is 5.97 Å². The number of carboxylic acid groups (broad SMARTS) is 1. The Kier molecular flexibility index (Phi) is 6.77. The van der Waals surface area contributed by atoms with Gasteiger partial charge in [0.25, 0.3) is 0 Å². The highest BCUT2D eigenvalue weighted by molar-refractivity contribution is 5.66. The second-order valence-corrected chi connectivity index (χ2v) is 3.76. The Balaban J connectivity index is 3.78. The van der Waals surface area contributed by atoms with Crippen LogP contribution in [0.4, 0.5) is 0 Å². The molecular formula is C10H18N2O2. The van der Waals surface area contributed by atoms with E-state index in [1.807, 2.05) is 11.0 Å². The van der Waals surface area contributed by atoms with Crippen LogP contribution < -0.4 is 0 Å². The van der Waals surface area contributed by atoms with E-state index in [4.69, 9.17) is 10.4 Å². The van der Waals surface area contributed by atoms with Crippen molar-refractivity contribution in [2.24, 2.45) is 5.92 Å². The minimum absolute atomic E-state index is 0.111. The predicted molar refractivity (Wildman–Crippen MR) is 53.8 cm³/mol. The molecule has 14 heavy (non-hydrogen) atoms. The molecule has 0 aliphatic heterocycles. The maximum absolute atomic E-state index is 10.3. The highest BCUT2D eigenvalue weighted by atomic mass is 16.4. The summed E-state index contributed by atoms with van der Waals surface area (Å²) in [5, 5.41) is 17.0. The molecule has 0 spiro atoms. The summed E-state index contributed by atoms with van der Waals surface area (Å²) in [5.74, 6) is -0.224. The van der Waals surface area contributed by atoms with Gasteiger partial charge in [-0.05, 0) is 18.9 Å². The van der Waals surface area contributed by atoms with Crippen LogP contribution >= 0.6 is 0 Å². The molecule has 0 saturated carbocycles. The standard InChI is InChI=1S/C10H18N2O2/c1-9(2)3-6-12(8-5-11)7-4-10(13)14/h9H,3-4,6-8H2,1-2H3,(H,13,14). The molecule has 0 aromatic rings. The molecule has 0 rings (SSSR count). The predicted octanol–water partition coefficient (Wildman–Crippen LogP) is 1.33. The Morgan fingerprint density at radius 3 is 2.57 bits per heavy atom. The molecule has 0 fully saturated rings. The summed E-state index contributed by atoms with van der Waals surface area (Å²) in [6.07, 6.45) is 1.11. The first kappa shape index (κ1) is 12.9. The summed E-state index contributed by atoms with van der Waals surface area (Å²) in [6.45, 7) is 5.82. The van der Waals surface area contributed by atoms with Gasteiger partial charge in [-0.3, -0.25) is 9.69 Å². The average Bonchev–Trinajstić information content (AvgIpc) is 2.09. The zero-order valence-corrected chi connectivity index (χ0v) is 8.86. The number of hydrogen-bond acceptors (Lipinski definition) is 3. The highest BCUT2D eigenvalue weighted by Crippen LogP contribution is 2.02. The lowest BCUT2D eigenvalue weighted by molar-refractivity contribution is -0.137. The number of hydrogen-bond donors (Lipinski definition) is 1. The zero-order valence-electron chi connectivity index (χ0n) is 8.86. The number of rotatable bonds is 7. The molecule has 0 amide bonds. The van der Waals surface area contributed by atoms with Crippen LogP contribution in [0.5, 0.6) is 0 Å². The molecule has 0 radical (unpaired) electrons. The monoisotopic (exact) mass is 198 g/mol. The van der Waals surface area contributed by atoms with Crippen LogP contribution in [0.2, 0.25) is 0 Å². The van der Waals surface area contributed by atoms with Crippen molar-refractivity contribution < 1.29 is 9.90 Å². The Bertz CT molecular complexity index is 209. The molecule has 0 aliphatic rings. The van der Waals surface area contributed by atoms with E-state index in [1.54, 1.807) is 0 Å². The Morgan fingerprint density at radius 1 is 1.50 bits per heavy atom. The van der Waals surface area contributed by atoms with Crippen LogP contribution in [0.1, 0.15) is 26.7 Å². The fourth-order valence-corrected chi connectivity index (χ4v) is 1.06. The van der Waals surface area contributed by atoms with Gasteiger partial charge in [-0.2, -0.15) is 5.26 Å². The lowest BCUT2D eigenvalue weighted by Gasteiger charge is -2.18. The summed E-state index contributed by atoms with van der Waals surface area (Å²) < 4.78 is 0. The first-order valence-corrected chi connectivity index (χ1v) is 4.87. The van der Waals surface area contributed by atoms with Crippen molar-refractivity contribution in [3.05, 3.63) is 0 Å². The van der Waals surface area contributed by atoms with E-state index in [1.165, 1.54) is 0 Å². The molecule has 80 valence electrons. The maximum Gasteiger partial charge on any atom is 0.304 e. The minimum atomic E-state index is -0.808. The van der Waals surface area contributed by atoms with Gasteiger partial charge in [-0.15, -0.1) is 0 Å². The van der Waals surface area contributed by atoms with Crippen molar-refractivity contribution in [2.75, 3.05) is 19.6 Å². The molecule has 0 atom stereocenters. The van der Waals surface area contributed by atoms with Crippen molar-refractivity contribution in [2.45, 2.75) is 26.7 Å². The smallest absolute Gasteiger partial charge is 0.304 e. The normalized spacial score (nSPS) is 10.5. The van der Waals surface area contributed by atoms with Crippen molar-refractivity contribution in [3.8, 4) is 6.07 Å². The summed E-state index contributed by atoms with van der Waals surface area (Å²) in [6, 6.07) is 2.05. The lowest BCUT2D eigenvalue weighted by Crippen LogP contribution is -2.28. The van der Waals surface area contributed by atoms with E-state index in [9.17, 15) is 4.79 Å². The van der Waals surface area contributed by atoms with Crippen molar-refractivity contribution in [1.82, 2.24) is 4.90 Å². The zero-order chi connectivity index (χ0) is 11.0. The van der Waals surface area contributed by atoms with E-state index in [0.29, 0.717) is 19.0 Å². The van der Waals surface area contributed by atoms with Gasteiger partial charge in [0, 0.05) is 6.54 Å². The summed E-state index contributed by atoms with van der Waals surface area (Å²) in [4.78, 5) is 12.2. The molecule has 4 heteroatoms. The molecule has 4 nitrogen and oxygen atoms in total. The summed E-state index contributed by atoms with van der Waals surface area (Å²) >= 11 is 0. The second kappa shape index (κ2) is 7.34. The Labute approximate surface area is 85.1 Å². The fraction of sp³-hybridized carbons (Fsp3) is 0.800. The third kappa shape index (κ3) is 7.56. The topological polar surface area (TPSA) is 64.3 Å². The maximum atomic E-state index is 10.3. The molecule has 0 aromatic carbocycles. The van der Waals surface area contributed by atoms with Crippen LogP contribution in [0.15, 0.2) is 0 Å².